The molecule has 0 aliphatic carbocycles. The SMILES string of the molecule is COC(CN)CNCc1ccc(S(C)(=O)=O)cc1. The van der Waals surface area contributed by atoms with Crippen LogP contribution in [0.3, 0.4) is 0 Å². The van der Waals surface area contributed by atoms with Crippen molar-refractivity contribution in [3.8, 4) is 0 Å². The van der Waals surface area contributed by atoms with Gasteiger partial charge in [0.15, 0.2) is 9.84 Å². The highest BCUT2D eigenvalue weighted by Gasteiger charge is 2.06. The Morgan fingerprint density at radius 3 is 2.39 bits per heavy atom. The van der Waals surface area contributed by atoms with Crippen LogP contribution in [0.1, 0.15) is 5.56 Å². The van der Waals surface area contributed by atoms with Crippen molar-refractivity contribution in [3.63, 3.8) is 0 Å². The average Bonchev–Trinajstić information content (AvgIpc) is 2.34. The van der Waals surface area contributed by atoms with E-state index in [1.165, 1.54) is 6.26 Å². The van der Waals surface area contributed by atoms with Gasteiger partial charge in [0.05, 0.1) is 11.0 Å². The Hall–Kier alpha value is -0.950. The molecule has 18 heavy (non-hydrogen) atoms. The van der Waals surface area contributed by atoms with Gasteiger partial charge >= 0.3 is 0 Å². The first-order valence-electron chi connectivity index (χ1n) is 5.70. The summed E-state index contributed by atoms with van der Waals surface area (Å²) in [6.45, 7) is 1.79. The molecule has 102 valence electrons. The van der Waals surface area contributed by atoms with Gasteiger partial charge in [0, 0.05) is 33.0 Å². The molecule has 1 unspecified atom stereocenters. The molecule has 6 heteroatoms. The van der Waals surface area contributed by atoms with Gasteiger partial charge < -0.3 is 15.8 Å². The molecule has 5 nitrogen and oxygen atoms in total. The highest BCUT2D eigenvalue weighted by molar-refractivity contribution is 7.90. The highest BCUT2D eigenvalue weighted by Crippen LogP contribution is 2.10. The van der Waals surface area contributed by atoms with E-state index >= 15 is 0 Å². The van der Waals surface area contributed by atoms with E-state index in [-0.39, 0.29) is 6.10 Å². The predicted molar refractivity (Wildman–Crippen MR) is 71.1 cm³/mol. The maximum Gasteiger partial charge on any atom is 0.175 e. The first-order valence-corrected chi connectivity index (χ1v) is 7.59. The Morgan fingerprint density at radius 1 is 1.33 bits per heavy atom. The molecule has 0 saturated carbocycles. The van der Waals surface area contributed by atoms with Gasteiger partial charge in [0.2, 0.25) is 0 Å². The van der Waals surface area contributed by atoms with Crippen molar-refractivity contribution in [3.05, 3.63) is 29.8 Å². The van der Waals surface area contributed by atoms with Crippen LogP contribution < -0.4 is 11.1 Å². The van der Waals surface area contributed by atoms with Crippen molar-refractivity contribution in [2.45, 2.75) is 17.5 Å². The molecule has 1 aromatic carbocycles. The highest BCUT2D eigenvalue weighted by atomic mass is 32.2. The van der Waals surface area contributed by atoms with E-state index in [1.54, 1.807) is 31.4 Å². The molecule has 0 bridgehead atoms. The van der Waals surface area contributed by atoms with Crippen LogP contribution in [0.2, 0.25) is 0 Å². The standard InChI is InChI=1S/C12H20N2O3S/c1-17-11(7-13)9-14-8-10-3-5-12(6-4-10)18(2,15)16/h3-6,11,14H,7-9,13H2,1-2H3. The quantitative estimate of drug-likeness (QED) is 0.738. The van der Waals surface area contributed by atoms with Crippen molar-refractivity contribution in [1.29, 1.82) is 0 Å². The number of nitrogens with one attached hydrogen (secondary N) is 1. The van der Waals surface area contributed by atoms with Crippen LogP contribution in [0.25, 0.3) is 0 Å². The molecule has 0 aliphatic heterocycles. The van der Waals surface area contributed by atoms with Crippen molar-refractivity contribution in [2.75, 3.05) is 26.5 Å². The second-order valence-corrected chi connectivity index (χ2v) is 6.16. The fourth-order valence-electron chi connectivity index (χ4n) is 1.49. The summed E-state index contributed by atoms with van der Waals surface area (Å²) in [5, 5.41) is 3.21. The van der Waals surface area contributed by atoms with Crippen molar-refractivity contribution in [2.24, 2.45) is 5.73 Å². The first kappa shape index (κ1) is 15.1. The van der Waals surface area contributed by atoms with E-state index in [4.69, 9.17) is 10.5 Å². The van der Waals surface area contributed by atoms with Gasteiger partial charge in [-0.05, 0) is 17.7 Å². The topological polar surface area (TPSA) is 81.4 Å². The van der Waals surface area contributed by atoms with Crippen LogP contribution in [0.4, 0.5) is 0 Å². The summed E-state index contributed by atoms with van der Waals surface area (Å²) in [5.74, 6) is 0. The van der Waals surface area contributed by atoms with E-state index in [1.807, 2.05) is 0 Å². The molecule has 0 fully saturated rings. The van der Waals surface area contributed by atoms with Crippen molar-refractivity contribution < 1.29 is 13.2 Å². The van der Waals surface area contributed by atoms with Gasteiger partial charge in [-0.15, -0.1) is 0 Å². The number of methoxy groups -OCH3 is 1. The smallest absolute Gasteiger partial charge is 0.175 e. The summed E-state index contributed by atoms with van der Waals surface area (Å²) < 4.78 is 27.7. The van der Waals surface area contributed by atoms with Gasteiger partial charge in [-0.25, -0.2) is 8.42 Å². The van der Waals surface area contributed by atoms with Crippen molar-refractivity contribution >= 4 is 9.84 Å². The zero-order valence-electron chi connectivity index (χ0n) is 10.7. The number of hydrogen-bond donors (Lipinski definition) is 2. The zero-order valence-corrected chi connectivity index (χ0v) is 11.5. The Balaban J connectivity index is 2.50. The third-order valence-electron chi connectivity index (χ3n) is 2.65. The molecule has 0 aliphatic rings. The fraction of sp³-hybridized carbons (Fsp3) is 0.500. The maximum absolute atomic E-state index is 11.3. The third-order valence-corrected chi connectivity index (χ3v) is 3.78. The summed E-state index contributed by atoms with van der Waals surface area (Å²) in [4.78, 5) is 0.336. The monoisotopic (exact) mass is 272 g/mol. The molecular weight excluding hydrogens is 252 g/mol. The van der Waals surface area contributed by atoms with Crippen LogP contribution in [0, 0.1) is 0 Å². The molecule has 0 saturated heterocycles. The van der Waals surface area contributed by atoms with E-state index in [2.05, 4.69) is 5.32 Å². The van der Waals surface area contributed by atoms with Crippen LogP contribution in [0.5, 0.6) is 0 Å². The Morgan fingerprint density at radius 2 is 1.94 bits per heavy atom. The summed E-state index contributed by atoms with van der Waals surface area (Å²) in [5.41, 5.74) is 6.52. The Labute approximate surface area is 108 Å². The molecule has 0 amide bonds. The number of benzene rings is 1. The van der Waals surface area contributed by atoms with Crippen molar-refractivity contribution in [1.82, 2.24) is 5.32 Å². The van der Waals surface area contributed by atoms with E-state index in [0.29, 0.717) is 24.5 Å². The zero-order chi connectivity index (χ0) is 13.6. The number of rotatable bonds is 7. The number of nitrogens with two attached hydrogens (primary N) is 1. The Kier molecular flexibility index (Phi) is 5.74. The molecule has 1 atom stereocenters. The van der Waals surface area contributed by atoms with Crippen LogP contribution in [-0.2, 0) is 21.1 Å². The molecule has 0 aromatic heterocycles. The van der Waals surface area contributed by atoms with Gasteiger partial charge in [-0.2, -0.15) is 0 Å². The molecule has 1 rings (SSSR count). The lowest BCUT2D eigenvalue weighted by molar-refractivity contribution is 0.108. The van der Waals surface area contributed by atoms with Gasteiger partial charge in [-0.3, -0.25) is 0 Å². The second kappa shape index (κ2) is 6.84. The van der Waals surface area contributed by atoms with Crippen LogP contribution in [0.15, 0.2) is 29.2 Å². The summed E-state index contributed by atoms with van der Waals surface area (Å²) in [6.07, 6.45) is 1.20. The van der Waals surface area contributed by atoms with E-state index in [0.717, 1.165) is 5.56 Å². The molecule has 0 spiro atoms. The minimum atomic E-state index is -3.12. The number of hydrogen-bond acceptors (Lipinski definition) is 5. The number of ether oxygens (including phenoxy) is 1. The average molecular weight is 272 g/mol. The minimum Gasteiger partial charge on any atom is -0.379 e. The summed E-state index contributed by atoms with van der Waals surface area (Å²) >= 11 is 0. The summed E-state index contributed by atoms with van der Waals surface area (Å²) in [7, 11) is -1.49. The lowest BCUT2D eigenvalue weighted by Gasteiger charge is -2.13. The molecule has 3 N–H and O–H groups in total. The molecule has 1 aromatic rings. The third kappa shape index (κ3) is 4.73. The van der Waals surface area contributed by atoms with Gasteiger partial charge in [0.1, 0.15) is 0 Å². The molecule has 0 heterocycles. The summed E-state index contributed by atoms with van der Waals surface area (Å²) in [6, 6.07) is 6.83. The minimum absolute atomic E-state index is 0.000271. The first-order chi connectivity index (χ1) is 8.47. The molecule has 0 radical (unpaired) electrons. The fourth-order valence-corrected chi connectivity index (χ4v) is 2.13. The predicted octanol–water partition coefficient (Wildman–Crippen LogP) is 0.153. The lowest BCUT2D eigenvalue weighted by atomic mass is 10.2. The lowest BCUT2D eigenvalue weighted by Crippen LogP contribution is -2.33. The van der Waals surface area contributed by atoms with E-state index in [9.17, 15) is 8.42 Å². The van der Waals surface area contributed by atoms with Gasteiger partial charge in [0.25, 0.3) is 0 Å². The molecular formula is C12H20N2O3S. The Bertz CT molecular complexity index is 453. The second-order valence-electron chi connectivity index (χ2n) is 4.14. The van der Waals surface area contributed by atoms with E-state index < -0.39 is 9.84 Å². The van der Waals surface area contributed by atoms with Crippen LogP contribution >= 0.6 is 0 Å². The largest absolute Gasteiger partial charge is 0.379 e. The number of sulfone groups is 1. The van der Waals surface area contributed by atoms with Gasteiger partial charge in [-0.1, -0.05) is 12.1 Å². The van der Waals surface area contributed by atoms with Crippen LogP contribution in [-0.4, -0.2) is 41.0 Å². The maximum atomic E-state index is 11.3. The normalized spacial score (nSPS) is 13.5.